The molecule has 19 heavy (non-hydrogen) atoms. The van der Waals surface area contributed by atoms with Crippen LogP contribution in [0, 0.1) is 22.9 Å². The molecule has 0 fully saturated rings. The average molecular weight is 281 g/mol. The second-order valence-electron chi connectivity index (χ2n) is 3.99. The number of benzene rings is 1. The minimum absolute atomic E-state index is 0.450. The van der Waals surface area contributed by atoms with E-state index in [0.717, 1.165) is 9.88 Å². The Morgan fingerprint density at radius 3 is 2.84 bits per heavy atom. The van der Waals surface area contributed by atoms with Crippen LogP contribution in [-0.2, 0) is 13.1 Å². The fourth-order valence-corrected chi connectivity index (χ4v) is 2.39. The van der Waals surface area contributed by atoms with Crippen molar-refractivity contribution in [1.29, 1.82) is 0 Å². The number of nitrogens with one attached hydrogen (secondary N) is 1. The topological polar surface area (TPSA) is 68.1 Å². The number of nitro groups is 1. The van der Waals surface area contributed by atoms with Crippen LogP contribution in [0.25, 0.3) is 0 Å². The number of nitrogens with zero attached hydrogens (tertiary/aromatic N) is 2. The van der Waals surface area contributed by atoms with Crippen LogP contribution in [0.1, 0.15) is 15.4 Å². The zero-order chi connectivity index (χ0) is 13.8. The summed E-state index contributed by atoms with van der Waals surface area (Å²) in [6.07, 6.45) is 1.80. The molecule has 100 valence electrons. The molecule has 0 unspecified atom stereocenters. The Kier molecular flexibility index (Phi) is 4.18. The molecule has 5 nitrogen and oxygen atoms in total. The van der Waals surface area contributed by atoms with Crippen molar-refractivity contribution >= 4 is 17.0 Å². The fourth-order valence-electron chi connectivity index (χ4n) is 1.63. The van der Waals surface area contributed by atoms with Crippen LogP contribution >= 0.6 is 11.3 Å². The first-order valence-corrected chi connectivity index (χ1v) is 6.43. The van der Waals surface area contributed by atoms with Gasteiger partial charge in [-0.05, 0) is 18.6 Å². The van der Waals surface area contributed by atoms with E-state index < -0.39 is 16.4 Å². The predicted molar refractivity (Wildman–Crippen MR) is 70.4 cm³/mol. The van der Waals surface area contributed by atoms with Crippen molar-refractivity contribution in [3.63, 3.8) is 0 Å². The van der Waals surface area contributed by atoms with E-state index in [1.807, 2.05) is 6.92 Å². The third-order valence-electron chi connectivity index (χ3n) is 2.51. The van der Waals surface area contributed by atoms with Crippen molar-refractivity contribution in [1.82, 2.24) is 10.3 Å². The molecule has 1 N–H and O–H groups in total. The molecule has 1 heterocycles. The summed E-state index contributed by atoms with van der Waals surface area (Å²) in [5.74, 6) is -0.807. The van der Waals surface area contributed by atoms with Crippen LogP contribution in [-0.4, -0.2) is 9.91 Å². The lowest BCUT2D eigenvalue weighted by molar-refractivity contribution is -0.387. The third kappa shape index (κ3) is 3.55. The molecular weight excluding hydrogens is 269 g/mol. The van der Waals surface area contributed by atoms with Gasteiger partial charge in [0, 0.05) is 30.2 Å². The summed E-state index contributed by atoms with van der Waals surface area (Å²) in [5.41, 5.74) is 0.172. The van der Waals surface area contributed by atoms with Crippen molar-refractivity contribution in [2.75, 3.05) is 0 Å². The lowest BCUT2D eigenvalue weighted by Gasteiger charge is -2.03. The van der Waals surface area contributed by atoms with Crippen molar-refractivity contribution < 1.29 is 9.31 Å². The highest BCUT2D eigenvalue weighted by molar-refractivity contribution is 7.11. The van der Waals surface area contributed by atoms with Gasteiger partial charge in [0.25, 0.3) is 0 Å². The van der Waals surface area contributed by atoms with E-state index in [-0.39, 0.29) is 0 Å². The highest BCUT2D eigenvalue weighted by Gasteiger charge is 2.13. The summed E-state index contributed by atoms with van der Waals surface area (Å²) in [4.78, 5) is 15.0. The second-order valence-corrected chi connectivity index (χ2v) is 5.31. The van der Waals surface area contributed by atoms with E-state index in [4.69, 9.17) is 0 Å². The number of aromatic nitrogens is 1. The van der Waals surface area contributed by atoms with Crippen molar-refractivity contribution in [3.05, 3.63) is 55.8 Å². The van der Waals surface area contributed by atoms with E-state index in [1.54, 1.807) is 23.6 Å². The molecule has 1 aromatic heterocycles. The van der Waals surface area contributed by atoms with Gasteiger partial charge in [0.15, 0.2) is 0 Å². The van der Waals surface area contributed by atoms with Crippen molar-refractivity contribution in [2.45, 2.75) is 20.0 Å². The number of rotatable bonds is 5. The number of aryl methyl sites for hydroxylation is 1. The quantitative estimate of drug-likeness (QED) is 0.676. The standard InChI is InChI=1S/C12H12FN3O2S/c1-8-15-7-10(19-8)6-14-5-9-2-3-12(16(17)18)11(13)4-9/h2-4,7,14H,5-6H2,1H3. The molecule has 0 aliphatic rings. The van der Waals surface area contributed by atoms with Gasteiger partial charge in [-0.15, -0.1) is 11.3 Å². The fraction of sp³-hybridized carbons (Fsp3) is 0.250. The maximum absolute atomic E-state index is 13.4. The third-order valence-corrected chi connectivity index (χ3v) is 3.42. The molecule has 0 amide bonds. The lowest BCUT2D eigenvalue weighted by atomic mass is 10.2. The van der Waals surface area contributed by atoms with Crippen LogP contribution < -0.4 is 5.32 Å². The smallest absolute Gasteiger partial charge is 0.304 e. The van der Waals surface area contributed by atoms with E-state index in [9.17, 15) is 14.5 Å². The molecule has 0 atom stereocenters. The van der Waals surface area contributed by atoms with Crippen molar-refractivity contribution in [2.24, 2.45) is 0 Å². The first-order valence-electron chi connectivity index (χ1n) is 5.61. The summed E-state index contributed by atoms with van der Waals surface area (Å²) in [7, 11) is 0. The van der Waals surface area contributed by atoms with Gasteiger partial charge in [-0.1, -0.05) is 6.07 Å². The highest BCUT2D eigenvalue weighted by Crippen LogP contribution is 2.18. The number of hydrogen-bond acceptors (Lipinski definition) is 5. The summed E-state index contributed by atoms with van der Waals surface area (Å²) < 4.78 is 13.4. The second kappa shape index (κ2) is 5.85. The number of thiazole rings is 1. The molecule has 0 aliphatic heterocycles. The molecule has 2 aromatic rings. The Labute approximate surface area is 113 Å². The van der Waals surface area contributed by atoms with Gasteiger partial charge in [-0.2, -0.15) is 4.39 Å². The van der Waals surface area contributed by atoms with Crippen molar-refractivity contribution in [3.8, 4) is 0 Å². The number of hydrogen-bond donors (Lipinski definition) is 1. The Morgan fingerprint density at radius 1 is 1.47 bits per heavy atom. The molecule has 0 saturated heterocycles. The SMILES string of the molecule is Cc1ncc(CNCc2ccc([N+](=O)[O-])c(F)c2)s1. The molecule has 0 aliphatic carbocycles. The summed E-state index contributed by atoms with van der Waals surface area (Å²) >= 11 is 1.60. The molecule has 0 spiro atoms. The van der Waals surface area contributed by atoms with E-state index >= 15 is 0 Å². The maximum Gasteiger partial charge on any atom is 0.304 e. The van der Waals surface area contributed by atoms with Crippen LogP contribution in [0.3, 0.4) is 0 Å². The monoisotopic (exact) mass is 281 g/mol. The van der Waals surface area contributed by atoms with Gasteiger partial charge < -0.3 is 5.32 Å². The Morgan fingerprint density at radius 2 is 2.26 bits per heavy atom. The van der Waals surface area contributed by atoms with E-state index in [1.165, 1.54) is 12.1 Å². The average Bonchev–Trinajstić information content (AvgIpc) is 2.75. The molecule has 1 aromatic carbocycles. The predicted octanol–water partition coefficient (Wildman–Crippen LogP) is 2.79. The molecule has 0 bridgehead atoms. The van der Waals surface area contributed by atoms with Gasteiger partial charge in [0.1, 0.15) is 0 Å². The van der Waals surface area contributed by atoms with E-state index in [2.05, 4.69) is 10.3 Å². The molecule has 0 radical (unpaired) electrons. The minimum atomic E-state index is -0.807. The number of nitro benzene ring substituents is 1. The van der Waals surface area contributed by atoms with Gasteiger partial charge in [0.05, 0.1) is 9.93 Å². The Balaban J connectivity index is 1.93. The van der Waals surface area contributed by atoms with Crippen LogP contribution in [0.15, 0.2) is 24.4 Å². The van der Waals surface area contributed by atoms with Gasteiger partial charge in [0.2, 0.25) is 5.82 Å². The van der Waals surface area contributed by atoms with Gasteiger partial charge in [-0.25, -0.2) is 4.98 Å². The van der Waals surface area contributed by atoms with Gasteiger partial charge >= 0.3 is 5.69 Å². The Hall–Kier alpha value is -1.86. The zero-order valence-electron chi connectivity index (χ0n) is 10.2. The molecule has 7 heteroatoms. The summed E-state index contributed by atoms with van der Waals surface area (Å²) in [5, 5.41) is 14.6. The minimum Gasteiger partial charge on any atom is -0.308 e. The molecule has 0 saturated carbocycles. The van der Waals surface area contributed by atoms with Gasteiger partial charge in [-0.3, -0.25) is 10.1 Å². The first-order chi connectivity index (χ1) is 9.06. The molecular formula is C12H12FN3O2S. The normalized spacial score (nSPS) is 10.6. The maximum atomic E-state index is 13.4. The summed E-state index contributed by atoms with van der Waals surface area (Å²) in [6, 6.07) is 3.92. The summed E-state index contributed by atoms with van der Waals surface area (Å²) in [6.45, 7) is 3.02. The van der Waals surface area contributed by atoms with E-state index in [0.29, 0.717) is 18.7 Å². The first kappa shape index (κ1) is 13.6. The lowest BCUT2D eigenvalue weighted by Crippen LogP contribution is -2.12. The van der Waals surface area contributed by atoms with Crippen LogP contribution in [0.4, 0.5) is 10.1 Å². The highest BCUT2D eigenvalue weighted by atomic mass is 32.1. The van der Waals surface area contributed by atoms with Crippen LogP contribution in [0.5, 0.6) is 0 Å². The van der Waals surface area contributed by atoms with Crippen LogP contribution in [0.2, 0.25) is 0 Å². The number of halogens is 1. The Bertz CT molecular complexity index is 600. The zero-order valence-corrected chi connectivity index (χ0v) is 11.0. The molecule has 2 rings (SSSR count). The largest absolute Gasteiger partial charge is 0.308 e.